The van der Waals surface area contributed by atoms with Crippen LogP contribution >= 0.6 is 0 Å². The zero-order valence-corrected chi connectivity index (χ0v) is 22.9. The lowest BCUT2D eigenvalue weighted by Crippen LogP contribution is -2.23. The summed E-state index contributed by atoms with van der Waals surface area (Å²) in [5, 5.41) is 0. The van der Waals surface area contributed by atoms with E-state index in [9.17, 15) is 0 Å². The molecule has 0 bridgehead atoms. The van der Waals surface area contributed by atoms with Crippen LogP contribution in [0.4, 0.5) is 0 Å². The summed E-state index contributed by atoms with van der Waals surface area (Å²) in [6.07, 6.45) is 0. The SMILES string of the molecule is CC(C)(C)Oc1ccc([S+](c2ccc(OC(C)(C)C)cc2)c2ccc(OC(C)(C)C)cc2)cc1. The number of ether oxygens (including phenoxy) is 3. The minimum atomic E-state index is -0.276. The molecule has 0 aliphatic carbocycles. The van der Waals surface area contributed by atoms with Crippen LogP contribution in [-0.2, 0) is 10.9 Å². The van der Waals surface area contributed by atoms with Crippen LogP contribution in [0.1, 0.15) is 62.3 Å². The van der Waals surface area contributed by atoms with Gasteiger partial charge in [-0.3, -0.25) is 0 Å². The lowest BCUT2D eigenvalue weighted by Gasteiger charge is -2.22. The molecule has 182 valence electrons. The number of hydrogen-bond acceptors (Lipinski definition) is 3. The van der Waals surface area contributed by atoms with Gasteiger partial charge in [-0.1, -0.05) is 0 Å². The average molecular weight is 480 g/mol. The Bertz CT molecular complexity index is 908. The standard InChI is InChI=1S/C30H39O3S/c1-28(2,3)31-22-10-16-25(17-11-22)34(26-18-12-23(13-19-26)32-29(4,5)6)27-20-14-24(15-21-27)33-30(7,8)9/h10-21H,1-9H3/q+1. The minimum absolute atomic E-state index is 0.227. The van der Waals surface area contributed by atoms with Crippen LogP contribution in [0.15, 0.2) is 87.5 Å². The van der Waals surface area contributed by atoms with Crippen molar-refractivity contribution in [2.24, 2.45) is 0 Å². The molecule has 3 aromatic carbocycles. The minimum Gasteiger partial charge on any atom is -0.488 e. The Kier molecular flexibility index (Phi) is 7.62. The molecule has 0 atom stereocenters. The average Bonchev–Trinajstić information content (AvgIpc) is 2.69. The fourth-order valence-electron chi connectivity index (χ4n) is 3.40. The maximum Gasteiger partial charge on any atom is 0.166 e. The Balaban J connectivity index is 1.97. The van der Waals surface area contributed by atoms with Crippen LogP contribution in [0.2, 0.25) is 0 Å². The van der Waals surface area contributed by atoms with E-state index in [1.807, 2.05) is 0 Å². The quantitative estimate of drug-likeness (QED) is 0.333. The summed E-state index contributed by atoms with van der Waals surface area (Å²) in [6.45, 7) is 18.6. The summed E-state index contributed by atoms with van der Waals surface area (Å²) < 4.78 is 18.1. The molecule has 0 radical (unpaired) electrons. The van der Waals surface area contributed by atoms with E-state index < -0.39 is 0 Å². The van der Waals surface area contributed by atoms with Crippen LogP contribution in [0.5, 0.6) is 17.2 Å². The van der Waals surface area contributed by atoms with Gasteiger partial charge in [0.25, 0.3) is 0 Å². The van der Waals surface area contributed by atoms with E-state index in [1.165, 1.54) is 14.7 Å². The Hall–Kier alpha value is -2.59. The van der Waals surface area contributed by atoms with Gasteiger partial charge in [0.15, 0.2) is 14.7 Å². The van der Waals surface area contributed by atoms with Gasteiger partial charge in [0.2, 0.25) is 0 Å². The van der Waals surface area contributed by atoms with E-state index in [1.54, 1.807) is 0 Å². The van der Waals surface area contributed by atoms with E-state index in [2.05, 4.69) is 135 Å². The molecule has 0 amide bonds. The van der Waals surface area contributed by atoms with E-state index in [0.717, 1.165) is 17.2 Å². The summed E-state index contributed by atoms with van der Waals surface area (Å²) in [6, 6.07) is 25.4. The Labute approximate surface area is 208 Å². The lowest BCUT2D eigenvalue weighted by atomic mass is 10.2. The largest absolute Gasteiger partial charge is 0.488 e. The summed E-state index contributed by atoms with van der Waals surface area (Å²) in [5.41, 5.74) is -0.682. The maximum absolute atomic E-state index is 6.04. The molecule has 0 fully saturated rings. The summed E-state index contributed by atoms with van der Waals surface area (Å²) in [5.74, 6) is 2.63. The van der Waals surface area contributed by atoms with E-state index in [-0.39, 0.29) is 27.7 Å². The lowest BCUT2D eigenvalue weighted by molar-refractivity contribution is 0.130. The van der Waals surface area contributed by atoms with Crippen molar-refractivity contribution < 1.29 is 14.2 Å². The molecule has 0 aromatic heterocycles. The normalized spacial score (nSPS) is 12.5. The fraction of sp³-hybridized carbons (Fsp3) is 0.400. The van der Waals surface area contributed by atoms with Gasteiger partial charge >= 0.3 is 0 Å². The second-order valence-electron chi connectivity index (χ2n) is 11.4. The molecular weight excluding hydrogens is 440 g/mol. The van der Waals surface area contributed by atoms with E-state index in [0.29, 0.717) is 0 Å². The summed E-state index contributed by atoms with van der Waals surface area (Å²) in [7, 11) is -0.276. The first-order valence-electron chi connectivity index (χ1n) is 11.8. The van der Waals surface area contributed by atoms with Crippen LogP contribution in [0, 0.1) is 0 Å². The molecule has 34 heavy (non-hydrogen) atoms. The third-order valence-corrected chi connectivity index (χ3v) is 6.68. The van der Waals surface area contributed by atoms with Crippen molar-refractivity contribution >= 4 is 10.9 Å². The zero-order valence-electron chi connectivity index (χ0n) is 22.1. The van der Waals surface area contributed by atoms with Gasteiger partial charge in [0.1, 0.15) is 34.1 Å². The molecule has 0 aliphatic rings. The molecule has 0 saturated heterocycles. The third-order valence-electron chi connectivity index (χ3n) is 4.45. The van der Waals surface area contributed by atoms with E-state index >= 15 is 0 Å². The number of benzene rings is 3. The smallest absolute Gasteiger partial charge is 0.166 e. The van der Waals surface area contributed by atoms with Crippen LogP contribution < -0.4 is 14.2 Å². The van der Waals surface area contributed by atoms with Crippen molar-refractivity contribution in [3.8, 4) is 17.2 Å². The van der Waals surface area contributed by atoms with Gasteiger partial charge < -0.3 is 14.2 Å². The second-order valence-corrected chi connectivity index (χ2v) is 13.4. The van der Waals surface area contributed by atoms with Gasteiger partial charge in [0, 0.05) is 0 Å². The van der Waals surface area contributed by atoms with Crippen molar-refractivity contribution in [1.29, 1.82) is 0 Å². The topological polar surface area (TPSA) is 27.7 Å². The highest BCUT2D eigenvalue weighted by Gasteiger charge is 2.29. The van der Waals surface area contributed by atoms with Crippen LogP contribution in [-0.4, -0.2) is 16.8 Å². The van der Waals surface area contributed by atoms with Crippen LogP contribution in [0.25, 0.3) is 0 Å². The van der Waals surface area contributed by atoms with Gasteiger partial charge in [-0.15, -0.1) is 0 Å². The van der Waals surface area contributed by atoms with Crippen molar-refractivity contribution in [2.45, 2.75) is 93.8 Å². The van der Waals surface area contributed by atoms with Gasteiger partial charge in [0.05, 0.1) is 10.9 Å². The Morgan fingerprint density at radius 2 is 0.588 bits per heavy atom. The zero-order chi connectivity index (χ0) is 25.1. The molecule has 0 aliphatic heterocycles. The molecule has 0 spiro atoms. The number of rotatable bonds is 6. The van der Waals surface area contributed by atoms with Crippen LogP contribution in [0.3, 0.4) is 0 Å². The third kappa shape index (κ3) is 8.02. The fourth-order valence-corrected chi connectivity index (χ4v) is 5.44. The van der Waals surface area contributed by atoms with Gasteiger partial charge in [-0.05, 0) is 135 Å². The Morgan fingerprint density at radius 1 is 0.382 bits per heavy atom. The molecule has 3 rings (SSSR count). The highest BCUT2D eigenvalue weighted by atomic mass is 32.2. The highest BCUT2D eigenvalue weighted by Crippen LogP contribution is 2.35. The van der Waals surface area contributed by atoms with Crippen molar-refractivity contribution in [3.63, 3.8) is 0 Å². The van der Waals surface area contributed by atoms with E-state index in [4.69, 9.17) is 14.2 Å². The van der Waals surface area contributed by atoms with Gasteiger partial charge in [-0.25, -0.2) is 0 Å². The van der Waals surface area contributed by atoms with Crippen molar-refractivity contribution in [1.82, 2.24) is 0 Å². The molecule has 0 saturated carbocycles. The first-order valence-corrected chi connectivity index (χ1v) is 13.0. The predicted octanol–water partition coefficient (Wildman–Crippen LogP) is 8.31. The first-order chi connectivity index (χ1) is 15.7. The molecule has 4 heteroatoms. The monoisotopic (exact) mass is 479 g/mol. The highest BCUT2D eigenvalue weighted by molar-refractivity contribution is 7.97. The van der Waals surface area contributed by atoms with Gasteiger partial charge in [-0.2, -0.15) is 0 Å². The maximum atomic E-state index is 6.04. The Morgan fingerprint density at radius 3 is 0.765 bits per heavy atom. The summed E-state index contributed by atoms with van der Waals surface area (Å²) in [4.78, 5) is 3.70. The summed E-state index contributed by atoms with van der Waals surface area (Å²) >= 11 is 0. The predicted molar refractivity (Wildman–Crippen MR) is 143 cm³/mol. The second kappa shape index (κ2) is 9.95. The molecule has 0 unspecified atom stereocenters. The molecule has 0 N–H and O–H groups in total. The molecule has 3 aromatic rings. The molecule has 0 heterocycles. The number of hydrogen-bond donors (Lipinski definition) is 0. The van der Waals surface area contributed by atoms with Crippen molar-refractivity contribution in [2.75, 3.05) is 0 Å². The first kappa shape index (κ1) is 26.0. The van der Waals surface area contributed by atoms with Crippen molar-refractivity contribution in [3.05, 3.63) is 72.8 Å². The molecular formula is C30H39O3S+. The molecule has 3 nitrogen and oxygen atoms in total.